The Morgan fingerprint density at radius 3 is 1.16 bits per heavy atom. The number of ether oxygens (including phenoxy) is 10. The van der Waals surface area contributed by atoms with Crippen LogP contribution in [-0.4, -0.2) is 131 Å². The van der Waals surface area contributed by atoms with Crippen LogP contribution in [0.4, 0.5) is 0 Å². The Hall–Kier alpha value is -5.86. The molecule has 0 radical (unpaired) electrons. The molecular formula is C53H72N2O12+2. The van der Waals surface area contributed by atoms with E-state index in [1.165, 1.54) is 22.3 Å². The number of unbranched alkanes of at least 4 members (excludes halogenated alkanes) is 2. The van der Waals surface area contributed by atoms with Crippen molar-refractivity contribution in [3.8, 4) is 46.0 Å². The lowest BCUT2D eigenvalue weighted by Crippen LogP contribution is -2.53. The highest BCUT2D eigenvalue weighted by Gasteiger charge is 2.42. The standard InChI is InChI=1S/C53H72N2O12/c1-54(22-18-38-32-48(62-7)50(64-9)34-40(38)42(54)28-36-14-16-44(58-3)46(30-36)60-5)24-20-52(56)66-26-12-11-13-27-67-53(57)21-25-55(2)23-19-39-33-49(63-8)51(65-10)35-41(39)43(55)29-37-15-17-45(59-4)47(31-37)61-6/h14-17,30-35,42-43H,11-13,18-29H2,1-10H3/q+2/t42-,43+,54+,55?/m1/s1. The van der Waals surface area contributed by atoms with Crippen LogP contribution in [0.3, 0.4) is 0 Å². The monoisotopic (exact) mass is 929 g/mol. The van der Waals surface area contributed by atoms with E-state index in [0.29, 0.717) is 107 Å². The minimum absolute atomic E-state index is 0.0393. The van der Waals surface area contributed by atoms with Gasteiger partial charge in [0.1, 0.15) is 12.1 Å². The van der Waals surface area contributed by atoms with Crippen molar-refractivity contribution in [3.63, 3.8) is 0 Å². The van der Waals surface area contributed by atoms with Crippen molar-refractivity contribution < 1.29 is 65.9 Å². The highest BCUT2D eigenvalue weighted by atomic mass is 16.5. The van der Waals surface area contributed by atoms with Gasteiger partial charge in [-0.25, -0.2) is 0 Å². The van der Waals surface area contributed by atoms with E-state index in [1.807, 2.05) is 24.3 Å². The summed E-state index contributed by atoms with van der Waals surface area (Å²) in [5, 5.41) is 0. The zero-order valence-corrected chi connectivity index (χ0v) is 41.3. The molecule has 4 aromatic carbocycles. The van der Waals surface area contributed by atoms with E-state index >= 15 is 0 Å². The summed E-state index contributed by atoms with van der Waals surface area (Å²) in [4.78, 5) is 26.4. The number of rotatable bonds is 24. The van der Waals surface area contributed by atoms with Crippen molar-refractivity contribution in [3.05, 3.63) is 94.0 Å². The number of quaternary nitrogens is 2. The molecule has 364 valence electrons. The highest BCUT2D eigenvalue weighted by Crippen LogP contribution is 2.45. The van der Waals surface area contributed by atoms with E-state index in [2.05, 4.69) is 50.5 Å². The lowest BCUT2D eigenvalue weighted by atomic mass is 9.86. The first kappa shape index (κ1) is 50.6. The van der Waals surface area contributed by atoms with Gasteiger partial charge in [-0.1, -0.05) is 12.1 Å². The summed E-state index contributed by atoms with van der Waals surface area (Å²) >= 11 is 0. The van der Waals surface area contributed by atoms with Crippen LogP contribution in [0.5, 0.6) is 46.0 Å². The van der Waals surface area contributed by atoms with Gasteiger partial charge in [0, 0.05) is 36.8 Å². The first-order valence-electron chi connectivity index (χ1n) is 23.3. The van der Waals surface area contributed by atoms with Crippen LogP contribution < -0.4 is 37.9 Å². The average Bonchev–Trinajstić information content (AvgIpc) is 3.35. The Kier molecular flexibility index (Phi) is 17.5. The average molecular weight is 929 g/mol. The van der Waals surface area contributed by atoms with Gasteiger partial charge in [-0.3, -0.25) is 9.59 Å². The lowest BCUT2D eigenvalue weighted by molar-refractivity contribution is -0.940. The van der Waals surface area contributed by atoms with E-state index in [4.69, 9.17) is 47.4 Å². The minimum atomic E-state index is -0.215. The van der Waals surface area contributed by atoms with Crippen LogP contribution in [0.15, 0.2) is 60.7 Å². The van der Waals surface area contributed by atoms with E-state index in [-0.39, 0.29) is 24.0 Å². The molecule has 67 heavy (non-hydrogen) atoms. The molecule has 2 aliphatic heterocycles. The summed E-state index contributed by atoms with van der Waals surface area (Å²) in [7, 11) is 17.6. The molecule has 2 heterocycles. The molecule has 0 saturated heterocycles. The van der Waals surface area contributed by atoms with Gasteiger partial charge >= 0.3 is 11.9 Å². The smallest absolute Gasteiger partial charge is 0.311 e. The third kappa shape index (κ3) is 12.0. The number of likely N-dealkylation sites (N-methyl/N-ethyl adjacent to an activating group) is 2. The van der Waals surface area contributed by atoms with Gasteiger partial charge in [-0.05, 0) is 90.0 Å². The van der Waals surface area contributed by atoms with E-state index < -0.39 is 0 Å². The minimum Gasteiger partial charge on any atom is -0.493 e. The maximum atomic E-state index is 13.2. The number of fused-ring (bicyclic) bond motifs is 2. The maximum absolute atomic E-state index is 13.2. The Morgan fingerprint density at radius 1 is 0.463 bits per heavy atom. The van der Waals surface area contributed by atoms with Gasteiger partial charge in [-0.2, -0.15) is 0 Å². The second kappa shape index (κ2) is 23.2. The fourth-order valence-electron chi connectivity index (χ4n) is 9.91. The third-order valence-corrected chi connectivity index (χ3v) is 14.0. The van der Waals surface area contributed by atoms with Crippen molar-refractivity contribution in [2.45, 2.75) is 69.9 Å². The van der Waals surface area contributed by atoms with Crippen molar-refractivity contribution >= 4 is 11.9 Å². The van der Waals surface area contributed by atoms with Crippen LogP contribution in [0.25, 0.3) is 0 Å². The SMILES string of the molecule is COc1ccc(C[C@@H]2c3cc(OC)c(OC)cc3CC[N@@+]2(C)CCC(=O)OCCCCCOC(=O)CC[N+]2(C)CCc3cc(OC)c(OC)cc3[C@@H]2Cc2ccc(OC)c(OC)c2)cc1OC. The second-order valence-electron chi connectivity index (χ2n) is 18.0. The molecule has 0 bridgehead atoms. The molecule has 0 N–H and O–H groups in total. The summed E-state index contributed by atoms with van der Waals surface area (Å²) in [5.41, 5.74) is 7.00. The number of esters is 2. The number of hydrogen-bond acceptors (Lipinski definition) is 12. The summed E-state index contributed by atoms with van der Waals surface area (Å²) in [5.74, 6) is 5.06. The molecule has 6 rings (SSSR count). The van der Waals surface area contributed by atoms with Crippen LogP contribution in [0.1, 0.15) is 77.6 Å². The predicted octanol–water partition coefficient (Wildman–Crippen LogP) is 8.07. The summed E-state index contributed by atoms with van der Waals surface area (Å²) in [6.45, 7) is 3.57. The Balaban J connectivity index is 0.987. The Morgan fingerprint density at radius 2 is 0.806 bits per heavy atom. The first-order valence-corrected chi connectivity index (χ1v) is 23.3. The van der Waals surface area contributed by atoms with E-state index in [9.17, 15) is 9.59 Å². The predicted molar refractivity (Wildman–Crippen MR) is 255 cm³/mol. The number of carbonyl (C=O) groups is 2. The van der Waals surface area contributed by atoms with Crippen molar-refractivity contribution in [1.82, 2.24) is 0 Å². The fourth-order valence-corrected chi connectivity index (χ4v) is 9.91. The molecule has 1 unspecified atom stereocenters. The number of hydrogen-bond donors (Lipinski definition) is 0. The summed E-state index contributed by atoms with van der Waals surface area (Å²) in [6, 6.07) is 20.5. The molecule has 0 aromatic heterocycles. The molecule has 2 aliphatic rings. The molecule has 4 aromatic rings. The molecule has 0 aliphatic carbocycles. The molecule has 0 amide bonds. The number of carbonyl (C=O) groups excluding carboxylic acids is 2. The molecular weight excluding hydrogens is 857 g/mol. The number of methoxy groups -OCH3 is 8. The van der Waals surface area contributed by atoms with Gasteiger partial charge in [0.25, 0.3) is 0 Å². The van der Waals surface area contributed by atoms with Gasteiger partial charge < -0.3 is 56.3 Å². The largest absolute Gasteiger partial charge is 0.493 e. The second-order valence-corrected chi connectivity index (χ2v) is 18.0. The zero-order valence-electron chi connectivity index (χ0n) is 41.3. The highest BCUT2D eigenvalue weighted by molar-refractivity contribution is 5.69. The van der Waals surface area contributed by atoms with E-state index in [0.717, 1.165) is 56.3 Å². The van der Waals surface area contributed by atoms with Crippen LogP contribution >= 0.6 is 0 Å². The normalized spacial score (nSPS) is 19.6. The molecule has 14 nitrogen and oxygen atoms in total. The summed E-state index contributed by atoms with van der Waals surface area (Å²) < 4.78 is 57.8. The van der Waals surface area contributed by atoms with Gasteiger partial charge in [0.15, 0.2) is 46.0 Å². The Bertz CT molecular complexity index is 2160. The lowest BCUT2D eigenvalue weighted by Gasteiger charge is -2.46. The molecule has 14 heteroatoms. The van der Waals surface area contributed by atoms with Crippen LogP contribution in [0, 0.1) is 0 Å². The van der Waals surface area contributed by atoms with Gasteiger partial charge in [0.05, 0.1) is 123 Å². The topological polar surface area (TPSA) is 126 Å². The summed E-state index contributed by atoms with van der Waals surface area (Å²) in [6.07, 6.45) is 5.85. The quantitative estimate of drug-likeness (QED) is 0.0383. The van der Waals surface area contributed by atoms with Crippen molar-refractivity contribution in [2.24, 2.45) is 0 Å². The van der Waals surface area contributed by atoms with E-state index in [1.54, 1.807) is 56.9 Å². The number of nitrogens with zero attached hydrogens (tertiary/aromatic N) is 2. The van der Waals surface area contributed by atoms with Crippen LogP contribution in [0.2, 0.25) is 0 Å². The van der Waals surface area contributed by atoms with Crippen LogP contribution in [-0.2, 0) is 44.7 Å². The van der Waals surface area contributed by atoms with Gasteiger partial charge in [-0.15, -0.1) is 0 Å². The number of benzene rings is 4. The molecule has 0 fully saturated rings. The molecule has 0 saturated carbocycles. The third-order valence-electron chi connectivity index (χ3n) is 14.0. The first-order chi connectivity index (χ1) is 32.4. The Labute approximate surface area is 397 Å². The van der Waals surface area contributed by atoms with Crippen molar-refractivity contribution in [1.29, 1.82) is 0 Å². The van der Waals surface area contributed by atoms with Crippen molar-refractivity contribution in [2.75, 3.05) is 110 Å². The van der Waals surface area contributed by atoms with Gasteiger partial charge in [0.2, 0.25) is 0 Å². The maximum Gasteiger partial charge on any atom is 0.311 e. The molecule has 4 atom stereocenters. The zero-order chi connectivity index (χ0) is 48.1. The fraction of sp³-hybridized carbons (Fsp3) is 0.509. The molecule has 0 spiro atoms.